The lowest BCUT2D eigenvalue weighted by atomic mass is 9.99. The number of nitrogens with zero attached hydrogens (tertiary/aromatic N) is 1. The van der Waals surface area contributed by atoms with Crippen molar-refractivity contribution in [1.82, 2.24) is 20.5 Å². The first-order valence-corrected chi connectivity index (χ1v) is 9.76. The molecular formula is C15H24N4O4S. The summed E-state index contributed by atoms with van der Waals surface area (Å²) in [5.74, 6) is -0.0980. The fourth-order valence-corrected chi connectivity index (χ4v) is 5.24. The van der Waals surface area contributed by atoms with Crippen LogP contribution in [0, 0.1) is 13.8 Å². The minimum absolute atomic E-state index is 0.00191. The van der Waals surface area contributed by atoms with Crippen molar-refractivity contribution in [3.05, 3.63) is 11.5 Å². The van der Waals surface area contributed by atoms with E-state index in [9.17, 15) is 13.2 Å². The first kappa shape index (κ1) is 17.4. The second-order valence-corrected chi connectivity index (χ2v) is 8.46. The lowest BCUT2D eigenvalue weighted by Gasteiger charge is -2.30. The molecule has 3 N–H and O–H groups in total. The normalized spacial score (nSPS) is 27.9. The third kappa shape index (κ3) is 3.47. The topological polar surface area (TPSA) is 113 Å². The molecule has 2 bridgehead atoms. The van der Waals surface area contributed by atoms with E-state index >= 15 is 0 Å². The average Bonchev–Trinajstić information content (AvgIpc) is 3.00. The molecule has 8 nitrogen and oxygen atoms in total. The van der Waals surface area contributed by atoms with E-state index in [1.54, 1.807) is 13.8 Å². The SMILES string of the molecule is Cc1noc(C)c1S(=O)(=O)NC(C)C(=O)NC1CC2CCC(C1)N2. The number of fused-ring (bicyclic) bond motifs is 2. The van der Waals surface area contributed by atoms with Gasteiger partial charge < -0.3 is 15.2 Å². The van der Waals surface area contributed by atoms with Gasteiger partial charge >= 0.3 is 0 Å². The Bertz CT molecular complexity index is 698. The number of hydrogen-bond donors (Lipinski definition) is 3. The zero-order valence-electron chi connectivity index (χ0n) is 14.1. The molecule has 1 aromatic rings. The minimum Gasteiger partial charge on any atom is -0.360 e. The molecule has 0 aromatic carbocycles. The van der Waals surface area contributed by atoms with Crippen LogP contribution in [0.1, 0.15) is 44.1 Å². The van der Waals surface area contributed by atoms with Crippen LogP contribution in [-0.2, 0) is 14.8 Å². The Balaban J connectivity index is 1.62. The molecule has 0 aliphatic carbocycles. The van der Waals surface area contributed by atoms with E-state index in [2.05, 4.69) is 20.5 Å². The molecule has 3 rings (SSSR count). The van der Waals surface area contributed by atoms with E-state index in [1.165, 1.54) is 6.92 Å². The zero-order valence-corrected chi connectivity index (χ0v) is 14.9. The van der Waals surface area contributed by atoms with Gasteiger partial charge in [-0.15, -0.1) is 0 Å². The molecule has 2 saturated heterocycles. The Morgan fingerprint density at radius 3 is 2.46 bits per heavy atom. The average molecular weight is 356 g/mol. The first-order valence-electron chi connectivity index (χ1n) is 8.28. The Kier molecular flexibility index (Phi) is 4.67. The maximum atomic E-state index is 12.5. The highest BCUT2D eigenvalue weighted by molar-refractivity contribution is 7.89. The van der Waals surface area contributed by atoms with Crippen molar-refractivity contribution < 1.29 is 17.7 Å². The number of aromatic nitrogens is 1. The summed E-state index contributed by atoms with van der Waals surface area (Å²) in [6, 6.07) is 0.158. The van der Waals surface area contributed by atoms with Crippen molar-refractivity contribution >= 4 is 15.9 Å². The Hall–Kier alpha value is -1.45. The van der Waals surface area contributed by atoms with Gasteiger partial charge in [0.15, 0.2) is 5.76 Å². The van der Waals surface area contributed by atoms with Crippen molar-refractivity contribution in [2.75, 3.05) is 0 Å². The highest BCUT2D eigenvalue weighted by atomic mass is 32.2. The molecule has 0 spiro atoms. The van der Waals surface area contributed by atoms with E-state index in [0.717, 1.165) is 25.7 Å². The summed E-state index contributed by atoms with van der Waals surface area (Å²) in [5, 5.41) is 10.1. The molecule has 3 unspecified atom stereocenters. The highest BCUT2D eigenvalue weighted by Gasteiger charge is 2.35. The lowest BCUT2D eigenvalue weighted by molar-refractivity contribution is -0.123. The molecule has 0 saturated carbocycles. The van der Waals surface area contributed by atoms with Crippen LogP contribution in [0.15, 0.2) is 9.42 Å². The molecule has 134 valence electrons. The first-order chi connectivity index (χ1) is 11.3. The summed E-state index contributed by atoms with van der Waals surface area (Å²) < 4.78 is 32.2. The summed E-state index contributed by atoms with van der Waals surface area (Å²) in [4.78, 5) is 12.4. The maximum absolute atomic E-state index is 12.5. The Morgan fingerprint density at radius 1 is 1.29 bits per heavy atom. The number of sulfonamides is 1. The van der Waals surface area contributed by atoms with Gasteiger partial charge in [0.2, 0.25) is 15.9 Å². The van der Waals surface area contributed by atoms with Gasteiger partial charge in [-0.3, -0.25) is 4.79 Å². The van der Waals surface area contributed by atoms with Crippen molar-refractivity contribution in [2.24, 2.45) is 0 Å². The number of carbonyl (C=O) groups is 1. The number of rotatable bonds is 5. The van der Waals surface area contributed by atoms with Gasteiger partial charge in [-0.05, 0) is 46.5 Å². The number of piperidine rings is 1. The smallest absolute Gasteiger partial charge is 0.246 e. The molecule has 1 aromatic heterocycles. The summed E-state index contributed by atoms with van der Waals surface area (Å²) in [7, 11) is -3.85. The second kappa shape index (κ2) is 6.45. The summed E-state index contributed by atoms with van der Waals surface area (Å²) in [6.45, 7) is 4.63. The molecule has 2 fully saturated rings. The third-order valence-electron chi connectivity index (χ3n) is 4.78. The van der Waals surface area contributed by atoms with Crippen LogP contribution in [0.25, 0.3) is 0 Å². The van der Waals surface area contributed by atoms with Crippen LogP contribution in [-0.4, -0.2) is 43.6 Å². The van der Waals surface area contributed by atoms with Crippen molar-refractivity contribution in [2.45, 2.75) is 75.5 Å². The van der Waals surface area contributed by atoms with Crippen LogP contribution in [0.2, 0.25) is 0 Å². The standard InChI is InChI=1S/C15H24N4O4S/c1-8-14(10(3)23-18-8)24(21,22)19-9(2)15(20)17-13-6-11-4-5-12(7-13)16-11/h9,11-13,16,19H,4-7H2,1-3H3,(H,17,20). The van der Waals surface area contributed by atoms with E-state index in [1.807, 2.05) is 0 Å². The predicted octanol–water partition coefficient (Wildman–Crippen LogP) is 0.357. The largest absolute Gasteiger partial charge is 0.360 e. The monoisotopic (exact) mass is 356 g/mol. The number of amides is 1. The minimum atomic E-state index is -3.85. The quantitative estimate of drug-likeness (QED) is 0.702. The lowest BCUT2D eigenvalue weighted by Crippen LogP contribution is -2.52. The van der Waals surface area contributed by atoms with E-state index in [0.29, 0.717) is 12.1 Å². The van der Waals surface area contributed by atoms with Crippen molar-refractivity contribution in [1.29, 1.82) is 0 Å². The van der Waals surface area contributed by atoms with Gasteiger partial charge in [0.1, 0.15) is 10.6 Å². The number of aryl methyl sites for hydroxylation is 2. The van der Waals surface area contributed by atoms with E-state index < -0.39 is 16.1 Å². The molecule has 3 heterocycles. The number of carbonyl (C=O) groups excluding carboxylic acids is 1. The van der Waals surface area contributed by atoms with Gasteiger partial charge in [-0.1, -0.05) is 5.16 Å². The molecule has 24 heavy (non-hydrogen) atoms. The van der Waals surface area contributed by atoms with Crippen LogP contribution < -0.4 is 15.4 Å². The highest BCUT2D eigenvalue weighted by Crippen LogP contribution is 2.26. The van der Waals surface area contributed by atoms with Crippen LogP contribution >= 0.6 is 0 Å². The van der Waals surface area contributed by atoms with Gasteiger partial charge in [0, 0.05) is 18.1 Å². The van der Waals surface area contributed by atoms with Crippen LogP contribution in [0.5, 0.6) is 0 Å². The fraction of sp³-hybridized carbons (Fsp3) is 0.733. The van der Waals surface area contributed by atoms with Gasteiger partial charge in [0.25, 0.3) is 0 Å². The van der Waals surface area contributed by atoms with Crippen LogP contribution in [0.4, 0.5) is 0 Å². The fourth-order valence-electron chi connectivity index (χ4n) is 3.70. The second-order valence-electron chi connectivity index (χ2n) is 6.81. The molecule has 3 atom stereocenters. The molecule has 2 aliphatic rings. The molecular weight excluding hydrogens is 332 g/mol. The van der Waals surface area contributed by atoms with Crippen molar-refractivity contribution in [3.63, 3.8) is 0 Å². The van der Waals surface area contributed by atoms with Gasteiger partial charge in [0.05, 0.1) is 6.04 Å². The third-order valence-corrected chi connectivity index (χ3v) is 6.57. The summed E-state index contributed by atoms with van der Waals surface area (Å²) in [5.41, 5.74) is 0.280. The Labute approximate surface area is 141 Å². The van der Waals surface area contributed by atoms with Crippen molar-refractivity contribution in [3.8, 4) is 0 Å². The van der Waals surface area contributed by atoms with Gasteiger partial charge in [-0.2, -0.15) is 4.72 Å². The number of hydrogen-bond acceptors (Lipinski definition) is 6. The van der Waals surface area contributed by atoms with E-state index in [4.69, 9.17) is 4.52 Å². The molecule has 9 heteroatoms. The molecule has 0 radical (unpaired) electrons. The molecule has 2 aliphatic heterocycles. The predicted molar refractivity (Wildman–Crippen MR) is 86.9 cm³/mol. The van der Waals surface area contributed by atoms with Crippen LogP contribution in [0.3, 0.4) is 0 Å². The van der Waals surface area contributed by atoms with E-state index in [-0.39, 0.29) is 28.3 Å². The molecule has 1 amide bonds. The Morgan fingerprint density at radius 2 is 1.92 bits per heavy atom. The summed E-state index contributed by atoms with van der Waals surface area (Å²) in [6.07, 6.45) is 4.08. The van der Waals surface area contributed by atoms with Gasteiger partial charge in [-0.25, -0.2) is 8.42 Å². The zero-order chi connectivity index (χ0) is 17.5. The summed E-state index contributed by atoms with van der Waals surface area (Å²) >= 11 is 0. The number of nitrogens with one attached hydrogen (secondary N) is 3. The maximum Gasteiger partial charge on any atom is 0.246 e.